The fourth-order valence-electron chi connectivity index (χ4n) is 2.00. The first kappa shape index (κ1) is 16.3. The van der Waals surface area contributed by atoms with Crippen LogP contribution in [-0.2, 0) is 14.8 Å². The predicted octanol–water partition coefficient (Wildman–Crippen LogP) is 2.35. The number of alkyl halides is 2. The molecule has 22 heavy (non-hydrogen) atoms. The Morgan fingerprint density at radius 3 is 1.86 bits per heavy atom. The van der Waals surface area contributed by atoms with Gasteiger partial charge in [-0.25, -0.2) is 8.42 Å². The van der Waals surface area contributed by atoms with Crippen LogP contribution >= 0.6 is 0 Å². The van der Waals surface area contributed by atoms with E-state index in [9.17, 15) is 27.1 Å². The lowest BCUT2D eigenvalue weighted by atomic mass is 9.99. The van der Waals surface area contributed by atoms with Gasteiger partial charge in [0.25, 0.3) is 14.8 Å². The third kappa shape index (κ3) is 2.53. The van der Waals surface area contributed by atoms with E-state index in [0.717, 1.165) is 12.1 Å². The van der Waals surface area contributed by atoms with Crippen LogP contribution in [0.15, 0.2) is 60.7 Å². The minimum absolute atomic E-state index is 0.182. The van der Waals surface area contributed by atoms with Crippen LogP contribution in [-0.4, -0.2) is 25.1 Å². The van der Waals surface area contributed by atoms with Gasteiger partial charge in [0.1, 0.15) is 0 Å². The molecular formula is C15H12F2O4S. The first-order valence-corrected chi connectivity index (χ1v) is 7.76. The molecule has 0 spiro atoms. The lowest BCUT2D eigenvalue weighted by Crippen LogP contribution is -2.46. The summed E-state index contributed by atoms with van der Waals surface area (Å²) < 4.78 is 49.8. The molecule has 1 atom stereocenters. The zero-order chi connectivity index (χ0) is 16.4. The molecule has 0 fully saturated rings. The largest absolute Gasteiger partial charge is 0.365 e. The molecule has 0 amide bonds. The fourth-order valence-corrected chi connectivity index (χ4v) is 3.10. The van der Waals surface area contributed by atoms with Gasteiger partial charge in [0.05, 0.1) is 0 Å². The van der Waals surface area contributed by atoms with Gasteiger partial charge in [-0.1, -0.05) is 60.7 Å². The van der Waals surface area contributed by atoms with Gasteiger partial charge < -0.3 is 5.11 Å². The van der Waals surface area contributed by atoms with Crippen molar-refractivity contribution in [1.29, 1.82) is 0 Å². The Morgan fingerprint density at radius 2 is 1.41 bits per heavy atom. The van der Waals surface area contributed by atoms with Crippen molar-refractivity contribution in [2.75, 3.05) is 0 Å². The number of carbonyl (C=O) groups is 1. The van der Waals surface area contributed by atoms with Crippen LogP contribution in [0.4, 0.5) is 8.78 Å². The summed E-state index contributed by atoms with van der Waals surface area (Å²) in [5.74, 6) is -5.22. The average molecular weight is 326 g/mol. The molecule has 0 heterocycles. The van der Waals surface area contributed by atoms with Gasteiger partial charge in [-0.2, -0.15) is 8.78 Å². The van der Waals surface area contributed by atoms with Crippen molar-refractivity contribution in [3.8, 4) is 0 Å². The summed E-state index contributed by atoms with van der Waals surface area (Å²) in [5, 5.41) is 10.5. The van der Waals surface area contributed by atoms with Crippen molar-refractivity contribution in [3.05, 3.63) is 71.8 Å². The molecule has 1 unspecified atom stereocenters. The average Bonchev–Trinajstić information content (AvgIpc) is 2.54. The standard InChI is InChI=1S/C15H12F2O4S/c16-14(17)22(20,21)15(19,12-9-5-2-6-10-12)13(18)11-7-3-1-4-8-11/h1-10,14,19H. The van der Waals surface area contributed by atoms with E-state index in [2.05, 4.69) is 0 Å². The number of carbonyl (C=O) groups excluding carboxylic acids is 1. The number of hydrogen-bond acceptors (Lipinski definition) is 4. The maximum absolute atomic E-state index is 13.0. The van der Waals surface area contributed by atoms with Crippen LogP contribution in [0.1, 0.15) is 15.9 Å². The van der Waals surface area contributed by atoms with Gasteiger partial charge in [-0.05, 0) is 0 Å². The van der Waals surface area contributed by atoms with Crippen LogP contribution in [0.5, 0.6) is 0 Å². The summed E-state index contributed by atoms with van der Waals surface area (Å²) >= 11 is 0. The van der Waals surface area contributed by atoms with Crippen molar-refractivity contribution >= 4 is 15.6 Å². The Bertz CT molecular complexity index is 761. The Hall–Kier alpha value is -2.12. The summed E-state index contributed by atoms with van der Waals surface area (Å²) in [5.41, 5.74) is -0.609. The molecule has 0 aliphatic heterocycles. The summed E-state index contributed by atoms with van der Waals surface area (Å²) in [6.07, 6.45) is 0. The lowest BCUT2D eigenvalue weighted by Gasteiger charge is -2.26. The van der Waals surface area contributed by atoms with Gasteiger partial charge >= 0.3 is 5.76 Å². The zero-order valence-corrected chi connectivity index (χ0v) is 12.0. The molecule has 1 N–H and O–H groups in total. The van der Waals surface area contributed by atoms with Crippen molar-refractivity contribution in [2.45, 2.75) is 10.7 Å². The number of rotatable bonds is 5. The molecule has 7 heteroatoms. The van der Waals surface area contributed by atoms with Crippen LogP contribution in [0.25, 0.3) is 0 Å². The molecule has 0 saturated carbocycles. The van der Waals surface area contributed by atoms with Crippen molar-refractivity contribution in [2.24, 2.45) is 0 Å². The normalized spacial score (nSPS) is 14.5. The zero-order valence-electron chi connectivity index (χ0n) is 11.2. The number of ketones is 1. The summed E-state index contributed by atoms with van der Waals surface area (Å²) in [6, 6.07) is 13.4. The van der Waals surface area contributed by atoms with Crippen molar-refractivity contribution < 1.29 is 27.1 Å². The lowest BCUT2D eigenvalue weighted by molar-refractivity contribution is 0.0600. The summed E-state index contributed by atoms with van der Waals surface area (Å²) in [7, 11) is -5.47. The van der Waals surface area contributed by atoms with E-state index in [1.807, 2.05) is 0 Å². The molecule has 116 valence electrons. The van der Waals surface area contributed by atoms with Crippen LogP contribution in [0, 0.1) is 0 Å². The number of sulfone groups is 1. The Kier molecular flexibility index (Phi) is 4.39. The van der Waals surface area contributed by atoms with Crippen molar-refractivity contribution in [3.63, 3.8) is 0 Å². The third-order valence-corrected chi connectivity index (χ3v) is 4.87. The molecule has 4 nitrogen and oxygen atoms in total. The van der Waals surface area contributed by atoms with Gasteiger partial charge in [0.2, 0.25) is 5.78 Å². The number of aliphatic hydroxyl groups is 1. The molecule has 0 aliphatic carbocycles. The molecule has 2 aromatic rings. The molecule has 0 aromatic heterocycles. The summed E-state index contributed by atoms with van der Waals surface area (Å²) in [6.45, 7) is 0. The van der Waals surface area contributed by atoms with Crippen LogP contribution < -0.4 is 0 Å². The highest BCUT2D eigenvalue weighted by Crippen LogP contribution is 2.35. The van der Waals surface area contributed by atoms with E-state index in [-0.39, 0.29) is 5.56 Å². The quantitative estimate of drug-likeness (QED) is 0.856. The molecule has 0 radical (unpaired) electrons. The molecule has 0 saturated heterocycles. The van der Waals surface area contributed by atoms with E-state index in [1.54, 1.807) is 6.07 Å². The van der Waals surface area contributed by atoms with Gasteiger partial charge in [0, 0.05) is 11.1 Å². The van der Waals surface area contributed by atoms with Gasteiger partial charge in [0.15, 0.2) is 0 Å². The molecular weight excluding hydrogens is 314 g/mol. The monoisotopic (exact) mass is 326 g/mol. The van der Waals surface area contributed by atoms with Crippen molar-refractivity contribution in [1.82, 2.24) is 0 Å². The molecule has 2 rings (SSSR count). The second-order valence-corrected chi connectivity index (χ2v) is 6.55. The Balaban J connectivity index is 2.70. The van der Waals surface area contributed by atoms with E-state index in [4.69, 9.17) is 0 Å². The van der Waals surface area contributed by atoms with Gasteiger partial charge in [-0.15, -0.1) is 0 Å². The second kappa shape index (κ2) is 5.94. The van der Waals surface area contributed by atoms with Crippen LogP contribution in [0.3, 0.4) is 0 Å². The fraction of sp³-hybridized carbons (Fsp3) is 0.133. The first-order chi connectivity index (χ1) is 10.3. The SMILES string of the molecule is O=C(c1ccccc1)C(O)(c1ccccc1)S(=O)(=O)C(F)F. The topological polar surface area (TPSA) is 71.4 Å². The molecule has 0 aliphatic rings. The van der Waals surface area contributed by atoms with E-state index in [0.29, 0.717) is 0 Å². The smallest absolute Gasteiger partial charge is 0.340 e. The number of benzene rings is 2. The third-order valence-electron chi connectivity index (χ3n) is 3.16. The van der Waals surface area contributed by atoms with Gasteiger partial charge in [-0.3, -0.25) is 4.79 Å². The maximum atomic E-state index is 13.0. The highest BCUT2D eigenvalue weighted by atomic mass is 32.2. The number of halogens is 2. The molecule has 0 bridgehead atoms. The second-order valence-electron chi connectivity index (χ2n) is 4.51. The first-order valence-electron chi connectivity index (χ1n) is 6.21. The predicted molar refractivity (Wildman–Crippen MR) is 76.0 cm³/mol. The Labute approximate surface area is 125 Å². The van der Waals surface area contributed by atoms with E-state index >= 15 is 0 Å². The highest BCUT2D eigenvalue weighted by Gasteiger charge is 2.55. The minimum atomic E-state index is -5.47. The highest BCUT2D eigenvalue weighted by molar-refractivity contribution is 7.93. The number of Topliss-reactive ketones (excluding diaryl/α,β-unsaturated/α-hetero) is 1. The maximum Gasteiger partial charge on any atom is 0.340 e. The number of hydrogen-bond donors (Lipinski definition) is 1. The summed E-state index contributed by atoms with van der Waals surface area (Å²) in [4.78, 5) is 9.11. The van der Waals surface area contributed by atoms with Crippen LogP contribution in [0.2, 0.25) is 0 Å². The van der Waals surface area contributed by atoms with E-state index < -0.39 is 31.9 Å². The molecule has 2 aromatic carbocycles. The minimum Gasteiger partial charge on any atom is -0.365 e. The Morgan fingerprint density at radius 1 is 0.955 bits per heavy atom. The van der Waals surface area contributed by atoms with E-state index in [1.165, 1.54) is 42.5 Å².